The van der Waals surface area contributed by atoms with Crippen molar-refractivity contribution >= 4 is 9.84 Å². The molecule has 0 aromatic heterocycles. The van der Waals surface area contributed by atoms with Gasteiger partial charge in [0.15, 0.2) is 9.84 Å². The minimum atomic E-state index is -6.04. The second-order valence-corrected chi connectivity index (χ2v) is 12.1. The summed E-state index contributed by atoms with van der Waals surface area (Å²) in [7, 11) is -4.58. The Balaban J connectivity index is 1.83. The summed E-state index contributed by atoms with van der Waals surface area (Å²) in [5.41, 5.74) is -6.71. The van der Waals surface area contributed by atoms with Crippen molar-refractivity contribution in [2.24, 2.45) is 0 Å². The van der Waals surface area contributed by atoms with Gasteiger partial charge in [0.25, 0.3) is 5.60 Å². The molecule has 3 atom stereocenters. The molecular weight excluding hydrogens is 595 g/mol. The molecule has 4 rings (SSSR count). The molecule has 42 heavy (non-hydrogen) atoms. The van der Waals surface area contributed by atoms with E-state index in [1.807, 2.05) is 0 Å². The average Bonchev–Trinajstić information content (AvgIpc) is 3.23. The van der Waals surface area contributed by atoms with Gasteiger partial charge in [-0.3, -0.25) is 0 Å². The molecule has 0 spiro atoms. The third-order valence-corrected chi connectivity index (χ3v) is 9.78. The van der Waals surface area contributed by atoms with Crippen LogP contribution in [-0.4, -0.2) is 43.2 Å². The van der Waals surface area contributed by atoms with Crippen LogP contribution in [0.5, 0.6) is 0 Å². The van der Waals surface area contributed by atoms with Crippen LogP contribution in [0, 0.1) is 17.1 Å². The van der Waals surface area contributed by atoms with Crippen LogP contribution < -0.4 is 0 Å². The Morgan fingerprint density at radius 1 is 0.881 bits per heavy atom. The molecule has 3 aromatic rings. The number of nitriles is 1. The fourth-order valence-corrected chi connectivity index (χ4v) is 7.32. The van der Waals surface area contributed by atoms with Crippen LogP contribution in [0.15, 0.2) is 77.7 Å². The summed E-state index contributed by atoms with van der Waals surface area (Å²) in [6, 6.07) is 12.4. The van der Waals surface area contributed by atoms with E-state index in [2.05, 4.69) is 4.74 Å². The van der Waals surface area contributed by atoms with Crippen LogP contribution in [0.2, 0.25) is 0 Å². The maximum atomic E-state index is 14.3. The van der Waals surface area contributed by atoms with Crippen LogP contribution in [-0.2, 0) is 31.5 Å². The molecule has 0 heterocycles. The van der Waals surface area contributed by atoms with Gasteiger partial charge in [-0.15, -0.1) is 0 Å². The zero-order valence-corrected chi connectivity index (χ0v) is 22.1. The van der Waals surface area contributed by atoms with Crippen molar-refractivity contribution < 1.29 is 54.1 Å². The van der Waals surface area contributed by atoms with Crippen LogP contribution in [0.4, 0.5) is 30.7 Å². The standard InChI is InChI=1S/C28H22F7NO5S/c29-21-8-10-22(11-9-21)42(39,40)25(13-23(37)24(38)14-25)19-4-6-20(7-5-19)26(27(30,31)32,28(33,34)35)41-16-18-3-1-2-17(12-18)15-36/h1-12,23-24,37-38H,13-14,16H2/t23-,24+,25-. The van der Waals surface area contributed by atoms with Gasteiger partial charge >= 0.3 is 12.4 Å². The first kappa shape index (κ1) is 31.4. The number of ether oxygens (including phenoxy) is 1. The van der Waals surface area contributed by atoms with Gasteiger partial charge in [-0.2, -0.15) is 31.6 Å². The molecule has 0 radical (unpaired) electrons. The lowest BCUT2D eigenvalue weighted by atomic mass is 9.88. The highest BCUT2D eigenvalue weighted by Crippen LogP contribution is 2.54. The first-order chi connectivity index (χ1) is 19.5. The molecule has 14 heteroatoms. The predicted octanol–water partition coefficient (Wildman–Crippen LogP) is 5.42. The van der Waals surface area contributed by atoms with Gasteiger partial charge in [-0.05, 0) is 60.4 Å². The number of sulfone groups is 1. The maximum absolute atomic E-state index is 14.3. The van der Waals surface area contributed by atoms with Crippen LogP contribution in [0.3, 0.4) is 0 Å². The molecule has 0 saturated heterocycles. The highest BCUT2D eigenvalue weighted by Gasteiger charge is 2.73. The number of benzene rings is 3. The summed E-state index contributed by atoms with van der Waals surface area (Å²) in [6.45, 7) is -1.18. The van der Waals surface area contributed by atoms with Gasteiger partial charge in [-0.1, -0.05) is 36.4 Å². The van der Waals surface area contributed by atoms with Gasteiger partial charge in [0, 0.05) is 5.56 Å². The summed E-state index contributed by atoms with van der Waals surface area (Å²) in [5.74, 6) is -0.770. The monoisotopic (exact) mass is 617 g/mol. The van der Waals surface area contributed by atoms with E-state index in [9.17, 15) is 49.4 Å². The Bertz CT molecular complexity index is 1560. The summed E-state index contributed by atoms with van der Waals surface area (Å²) in [5, 5.41) is 29.5. The molecule has 1 aliphatic carbocycles. The molecule has 1 saturated carbocycles. The third-order valence-electron chi connectivity index (χ3n) is 7.29. The van der Waals surface area contributed by atoms with E-state index in [-0.39, 0.29) is 16.7 Å². The molecule has 0 amide bonds. The zero-order valence-electron chi connectivity index (χ0n) is 21.3. The van der Waals surface area contributed by atoms with E-state index < -0.39 is 80.5 Å². The van der Waals surface area contributed by atoms with Crippen molar-refractivity contribution in [3.05, 3.63) is 101 Å². The minimum Gasteiger partial charge on any atom is -0.390 e. The number of nitrogens with zero attached hydrogens (tertiary/aromatic N) is 1. The smallest absolute Gasteiger partial charge is 0.390 e. The molecule has 0 aliphatic heterocycles. The molecule has 0 unspecified atom stereocenters. The van der Waals surface area contributed by atoms with Gasteiger partial charge in [-0.25, -0.2) is 12.8 Å². The summed E-state index contributed by atoms with van der Waals surface area (Å²) in [6.07, 6.45) is -16.5. The number of hydrogen-bond donors (Lipinski definition) is 2. The Hall–Kier alpha value is -3.51. The van der Waals surface area contributed by atoms with E-state index in [1.54, 1.807) is 6.07 Å². The van der Waals surface area contributed by atoms with Crippen molar-refractivity contribution in [2.45, 2.75) is 59.3 Å². The first-order valence-corrected chi connectivity index (χ1v) is 13.7. The van der Waals surface area contributed by atoms with Crippen molar-refractivity contribution in [3.63, 3.8) is 0 Å². The number of aliphatic hydroxyl groups is 2. The van der Waals surface area contributed by atoms with Crippen molar-refractivity contribution in [3.8, 4) is 6.07 Å². The fraction of sp³-hybridized carbons (Fsp3) is 0.321. The van der Waals surface area contributed by atoms with E-state index in [1.165, 1.54) is 18.2 Å². The summed E-state index contributed by atoms with van der Waals surface area (Å²) in [4.78, 5) is -0.433. The van der Waals surface area contributed by atoms with Crippen molar-refractivity contribution in [2.75, 3.05) is 0 Å². The van der Waals surface area contributed by atoms with Gasteiger partial charge in [0.2, 0.25) is 0 Å². The zero-order chi connectivity index (χ0) is 31.1. The minimum absolute atomic E-state index is 0.0151. The van der Waals surface area contributed by atoms with E-state index in [4.69, 9.17) is 5.26 Å². The second-order valence-electron chi connectivity index (χ2n) is 9.85. The fourth-order valence-electron chi connectivity index (χ4n) is 5.15. The number of alkyl halides is 6. The quantitative estimate of drug-likeness (QED) is 0.271. The number of hydrogen-bond acceptors (Lipinski definition) is 6. The van der Waals surface area contributed by atoms with Crippen molar-refractivity contribution in [1.29, 1.82) is 5.26 Å². The van der Waals surface area contributed by atoms with Gasteiger partial charge < -0.3 is 14.9 Å². The number of halogens is 7. The third kappa shape index (κ3) is 5.26. The topological polar surface area (TPSA) is 108 Å². The molecule has 224 valence electrons. The van der Waals surface area contributed by atoms with E-state index >= 15 is 0 Å². The molecule has 1 aliphatic rings. The average molecular weight is 618 g/mol. The summed E-state index contributed by atoms with van der Waals surface area (Å²) >= 11 is 0. The second kappa shape index (κ2) is 11.0. The van der Waals surface area contributed by atoms with Gasteiger partial charge in [0.1, 0.15) is 10.6 Å². The largest absolute Gasteiger partial charge is 0.430 e. The van der Waals surface area contributed by atoms with Crippen LogP contribution in [0.1, 0.15) is 35.1 Å². The van der Waals surface area contributed by atoms with Crippen LogP contribution >= 0.6 is 0 Å². The maximum Gasteiger partial charge on any atom is 0.430 e. The molecule has 3 aromatic carbocycles. The van der Waals surface area contributed by atoms with Gasteiger partial charge in [0.05, 0.1) is 35.3 Å². The summed E-state index contributed by atoms with van der Waals surface area (Å²) < 4.78 is 129. The lowest BCUT2D eigenvalue weighted by Gasteiger charge is -2.38. The molecule has 0 bridgehead atoms. The highest BCUT2D eigenvalue weighted by atomic mass is 32.2. The van der Waals surface area contributed by atoms with Crippen LogP contribution in [0.25, 0.3) is 0 Å². The van der Waals surface area contributed by atoms with Crippen molar-refractivity contribution in [1.82, 2.24) is 0 Å². The first-order valence-electron chi connectivity index (χ1n) is 12.2. The normalized spacial score (nSPS) is 21.7. The Morgan fingerprint density at radius 3 is 1.93 bits per heavy atom. The highest BCUT2D eigenvalue weighted by molar-refractivity contribution is 7.92. The Labute approximate surface area is 235 Å². The lowest BCUT2D eigenvalue weighted by Crippen LogP contribution is -2.55. The molecular formula is C28H22F7NO5S. The number of aliphatic hydroxyl groups excluding tert-OH is 2. The molecule has 6 nitrogen and oxygen atoms in total. The molecule has 1 fully saturated rings. The lowest BCUT2D eigenvalue weighted by molar-refractivity contribution is -0.392. The molecule has 2 N–H and O–H groups in total. The predicted molar refractivity (Wildman–Crippen MR) is 133 cm³/mol. The number of rotatable bonds is 7. The van der Waals surface area contributed by atoms with E-state index in [0.717, 1.165) is 42.5 Å². The SMILES string of the molecule is N#Cc1cccc(COC(c2ccc([C@@]3(S(=O)(=O)c4ccc(F)cc4)C[C@@H](O)[C@@H](O)C3)cc2)(C(F)(F)F)C(F)(F)F)c1. The Morgan fingerprint density at radius 2 is 1.43 bits per heavy atom. The Kier molecular flexibility index (Phi) is 8.20. The van der Waals surface area contributed by atoms with E-state index in [0.29, 0.717) is 12.1 Å².